The van der Waals surface area contributed by atoms with Gasteiger partial charge >= 0.3 is 0 Å². The van der Waals surface area contributed by atoms with Crippen LogP contribution in [0.1, 0.15) is 234 Å². The summed E-state index contributed by atoms with van der Waals surface area (Å²) in [5.74, 6) is 0.433. The minimum atomic E-state index is -0.0641. The second-order valence-electron chi connectivity index (χ2n) is 17.1. The third-order valence-corrected chi connectivity index (χ3v) is 12.1. The second kappa shape index (κ2) is 58.3. The van der Waals surface area contributed by atoms with Crippen molar-refractivity contribution < 1.29 is 28.8 Å². The molecule has 0 spiro atoms. The van der Waals surface area contributed by atoms with Crippen LogP contribution in [-0.4, -0.2) is 34.7 Å². The van der Waals surface area contributed by atoms with Crippen LogP contribution in [-0.2, 0) is 12.8 Å². The molecule has 10 aromatic carbocycles. The monoisotopic (exact) mass is 1260 g/mol. The molecule has 6 nitrogen and oxygen atoms in total. The molecular weight excluding hydrogens is 1150 g/mol. The predicted molar refractivity (Wildman–Crippen MR) is 407 cm³/mol. The first-order valence-corrected chi connectivity index (χ1v) is 34.2. The standard InChI is InChI=1S/C14H8O2.2C14H12O.C13H8O.C13H10O.10C2H6/c15-13-9-5-1-2-6-10(9)14(16)12-8-4-3-7-11(12)13;2*15-14(13-9-5-2-6-10-13)11-12-7-3-1-4-8-12;14-13-11-7-3-1-5-9(11)10-6-2-4-8-12(10)13;14-13(11-7-3-1-4-8-11)12-9-5-2-6-10-12;10*1-2/h1-8H;2*1-10H,11H2;1-8H;1-10H;10*1-2H3. The second-order valence-corrected chi connectivity index (χ2v) is 17.1. The average Bonchev–Trinajstić information content (AvgIpc) is 1.44. The lowest BCUT2D eigenvalue weighted by molar-refractivity contribution is 0.0979. The summed E-state index contributed by atoms with van der Waals surface area (Å²) in [5, 5.41) is 0. The lowest BCUT2D eigenvalue weighted by atomic mass is 9.84. The number of hydrogen-bond donors (Lipinski definition) is 0. The lowest BCUT2D eigenvalue weighted by Crippen LogP contribution is -2.20. The van der Waals surface area contributed by atoms with Gasteiger partial charge in [0.15, 0.2) is 34.7 Å². The molecule has 6 heteroatoms. The molecule has 0 amide bonds. The van der Waals surface area contributed by atoms with E-state index in [-0.39, 0.29) is 34.7 Å². The number of carbonyl (C=O) groups excluding carboxylic acids is 6. The minimum absolute atomic E-state index is 0.0641. The Kier molecular flexibility index (Phi) is 54.9. The van der Waals surface area contributed by atoms with Crippen molar-refractivity contribution in [3.8, 4) is 11.1 Å². The number of rotatable bonds is 8. The van der Waals surface area contributed by atoms with Crippen LogP contribution < -0.4 is 0 Å². The first-order valence-electron chi connectivity index (χ1n) is 34.2. The summed E-state index contributed by atoms with van der Waals surface area (Å²) in [7, 11) is 0. The van der Waals surface area contributed by atoms with E-state index in [0.717, 1.165) is 55.6 Å². The van der Waals surface area contributed by atoms with Gasteiger partial charge in [0.05, 0.1) is 0 Å². The van der Waals surface area contributed by atoms with E-state index in [1.165, 1.54) is 0 Å². The average molecular weight is 1260 g/mol. The molecule has 0 fully saturated rings. The van der Waals surface area contributed by atoms with E-state index in [1.807, 2.05) is 369 Å². The first-order chi connectivity index (χ1) is 46.3. The molecule has 2 aliphatic carbocycles. The summed E-state index contributed by atoms with van der Waals surface area (Å²) in [6, 6.07) is 86.4. The SMILES string of the molecule is CC.CC.CC.CC.CC.CC.CC.CC.CC.CC.O=C(Cc1ccccc1)c1ccccc1.O=C(Cc1ccccc1)c1ccccc1.O=C(c1ccccc1)c1ccccc1.O=C1c2ccccc2-c2ccccc21.O=C1c2ccccc2C(=O)c2ccccc21. The summed E-state index contributed by atoms with van der Waals surface area (Å²) < 4.78 is 0. The molecule has 12 rings (SSSR count). The molecule has 0 atom stereocenters. The van der Waals surface area contributed by atoms with Crippen molar-refractivity contribution in [1.82, 2.24) is 0 Å². The van der Waals surface area contributed by atoms with Gasteiger partial charge in [0.2, 0.25) is 0 Å². The first kappa shape index (κ1) is 88.4. The highest BCUT2D eigenvalue weighted by Gasteiger charge is 2.28. The van der Waals surface area contributed by atoms with E-state index in [0.29, 0.717) is 35.1 Å². The van der Waals surface area contributed by atoms with E-state index in [4.69, 9.17) is 0 Å². The summed E-state index contributed by atoms with van der Waals surface area (Å²) >= 11 is 0. The fourth-order valence-electron chi connectivity index (χ4n) is 8.39. The third kappa shape index (κ3) is 30.1. The zero-order valence-electron chi connectivity index (χ0n) is 60.4. The Balaban J connectivity index is -0.00000103. The molecular formula is C88H110O6. The van der Waals surface area contributed by atoms with Gasteiger partial charge in [0.1, 0.15) is 0 Å². The van der Waals surface area contributed by atoms with E-state index < -0.39 is 0 Å². The van der Waals surface area contributed by atoms with Crippen LogP contribution in [0.15, 0.2) is 279 Å². The normalized spacial score (nSPS) is 9.34. The predicted octanol–water partition coefficient (Wildman–Crippen LogP) is 24.8. The van der Waals surface area contributed by atoms with Crippen molar-refractivity contribution in [2.75, 3.05) is 0 Å². The van der Waals surface area contributed by atoms with Gasteiger partial charge in [-0.25, -0.2) is 0 Å². The molecule has 0 N–H and O–H groups in total. The number of fused-ring (bicyclic) bond motifs is 5. The van der Waals surface area contributed by atoms with Crippen molar-refractivity contribution in [2.45, 2.75) is 151 Å². The highest BCUT2D eigenvalue weighted by atomic mass is 16.1. The van der Waals surface area contributed by atoms with Crippen molar-refractivity contribution in [2.24, 2.45) is 0 Å². The Morgan fingerprint density at radius 2 is 0.340 bits per heavy atom. The highest BCUT2D eigenvalue weighted by Crippen LogP contribution is 2.35. The number of ketones is 6. The molecule has 94 heavy (non-hydrogen) atoms. The number of carbonyl (C=O) groups is 6. The van der Waals surface area contributed by atoms with Crippen LogP contribution in [0, 0.1) is 0 Å². The molecule has 0 aromatic heterocycles. The summed E-state index contributed by atoms with van der Waals surface area (Å²) in [6.07, 6.45) is 0.954. The van der Waals surface area contributed by atoms with Gasteiger partial charge in [0, 0.05) is 68.5 Å². The largest absolute Gasteiger partial charge is 0.294 e. The van der Waals surface area contributed by atoms with E-state index in [9.17, 15) is 28.8 Å². The van der Waals surface area contributed by atoms with Crippen LogP contribution in [0.3, 0.4) is 0 Å². The Bertz CT molecular complexity index is 3240. The van der Waals surface area contributed by atoms with Crippen molar-refractivity contribution >= 4 is 34.7 Å². The molecule has 2 aliphatic rings. The fraction of sp³-hybridized carbons (Fsp3) is 0.250. The molecule has 0 bridgehead atoms. The molecule has 0 saturated carbocycles. The van der Waals surface area contributed by atoms with Crippen LogP contribution in [0.4, 0.5) is 0 Å². The van der Waals surface area contributed by atoms with Gasteiger partial charge in [-0.3, -0.25) is 28.8 Å². The van der Waals surface area contributed by atoms with Gasteiger partial charge in [-0.15, -0.1) is 0 Å². The summed E-state index contributed by atoms with van der Waals surface area (Å²) in [5.41, 5.74) is 11.0. The Morgan fingerprint density at radius 3 is 0.543 bits per heavy atom. The van der Waals surface area contributed by atoms with Crippen LogP contribution in [0.25, 0.3) is 11.1 Å². The summed E-state index contributed by atoms with van der Waals surface area (Å²) in [6.45, 7) is 40.0. The fourth-order valence-corrected chi connectivity index (χ4v) is 8.39. The quantitative estimate of drug-likeness (QED) is 0.140. The van der Waals surface area contributed by atoms with Gasteiger partial charge in [-0.2, -0.15) is 0 Å². The number of hydrogen-bond acceptors (Lipinski definition) is 6. The van der Waals surface area contributed by atoms with Gasteiger partial charge in [-0.05, 0) is 22.3 Å². The molecule has 10 aromatic rings. The zero-order valence-corrected chi connectivity index (χ0v) is 60.4. The summed E-state index contributed by atoms with van der Waals surface area (Å²) in [4.78, 5) is 71.6. The molecule has 498 valence electrons. The topological polar surface area (TPSA) is 102 Å². The minimum Gasteiger partial charge on any atom is -0.294 e. The van der Waals surface area contributed by atoms with Gasteiger partial charge < -0.3 is 0 Å². The van der Waals surface area contributed by atoms with Crippen LogP contribution in [0.2, 0.25) is 0 Å². The van der Waals surface area contributed by atoms with E-state index in [1.54, 1.807) is 48.5 Å². The Morgan fingerprint density at radius 1 is 0.191 bits per heavy atom. The van der Waals surface area contributed by atoms with E-state index >= 15 is 0 Å². The Labute approximate surface area is 568 Å². The maximum Gasteiger partial charge on any atom is 0.194 e. The maximum absolute atomic E-state index is 12.1. The van der Waals surface area contributed by atoms with Gasteiger partial charge in [0.25, 0.3) is 0 Å². The highest BCUT2D eigenvalue weighted by molar-refractivity contribution is 6.28. The number of benzene rings is 10. The molecule has 0 heterocycles. The van der Waals surface area contributed by atoms with Crippen molar-refractivity contribution in [3.05, 3.63) is 346 Å². The van der Waals surface area contributed by atoms with Crippen LogP contribution in [0.5, 0.6) is 0 Å². The van der Waals surface area contributed by atoms with Crippen LogP contribution >= 0.6 is 0 Å². The van der Waals surface area contributed by atoms with Crippen molar-refractivity contribution in [3.63, 3.8) is 0 Å². The third-order valence-electron chi connectivity index (χ3n) is 12.1. The Hall–Kier alpha value is -9.78. The van der Waals surface area contributed by atoms with Crippen molar-refractivity contribution in [1.29, 1.82) is 0 Å². The molecule has 0 saturated heterocycles. The molecule has 0 unspecified atom stereocenters. The smallest absolute Gasteiger partial charge is 0.194 e. The molecule has 0 radical (unpaired) electrons. The zero-order chi connectivity index (χ0) is 71.5. The number of Topliss-reactive ketones (excluding diaryl/α,β-unsaturated/α-hetero) is 2. The lowest BCUT2D eigenvalue weighted by Gasteiger charge is -2.16. The van der Waals surface area contributed by atoms with Gasteiger partial charge in [-0.1, -0.05) is 418 Å². The van der Waals surface area contributed by atoms with E-state index in [2.05, 4.69) is 0 Å². The maximum atomic E-state index is 12.1. The molecule has 0 aliphatic heterocycles.